The Morgan fingerprint density at radius 2 is 1.00 bits per heavy atom. The molecule has 2 aromatic carbocycles. The van der Waals surface area contributed by atoms with E-state index in [-0.39, 0.29) is 5.78 Å². The molecule has 3 nitrogen and oxygen atoms in total. The highest BCUT2D eigenvalue weighted by Gasteiger charge is 1.95. The fraction of sp³-hybridized carbons (Fsp3) is 0.364. The van der Waals surface area contributed by atoms with Crippen molar-refractivity contribution in [2.75, 3.05) is 13.2 Å². The van der Waals surface area contributed by atoms with Gasteiger partial charge in [0.05, 0.1) is 13.2 Å². The smallest absolute Gasteiger partial charge is 0.178 e. The Labute approximate surface area is 218 Å². The molecular weight excluding hydrogens is 444 g/mol. The zero-order valence-corrected chi connectivity index (χ0v) is 22.0. The van der Waals surface area contributed by atoms with Crippen LogP contribution in [0.4, 0.5) is 0 Å². The number of hydrogen-bond acceptors (Lipinski definition) is 3. The second-order valence-corrected chi connectivity index (χ2v) is 8.80. The van der Waals surface area contributed by atoms with Gasteiger partial charge in [0, 0.05) is 0 Å². The summed E-state index contributed by atoms with van der Waals surface area (Å²) in [6.45, 7) is 5.95. The first-order valence-electron chi connectivity index (χ1n) is 13.4. The number of hydrogen-bond donors (Lipinski definition) is 0. The first-order chi connectivity index (χ1) is 17.7. The molecule has 0 heterocycles. The summed E-state index contributed by atoms with van der Waals surface area (Å²) in [5, 5.41) is 0. The number of carbonyl (C=O) groups excluding carboxylic acids is 1. The molecule has 36 heavy (non-hydrogen) atoms. The molecule has 0 fully saturated rings. The van der Waals surface area contributed by atoms with Crippen LogP contribution in [0.5, 0.6) is 11.5 Å². The lowest BCUT2D eigenvalue weighted by molar-refractivity contribution is -0.110. The maximum Gasteiger partial charge on any atom is 0.178 e. The van der Waals surface area contributed by atoms with Gasteiger partial charge in [-0.15, -0.1) is 0 Å². The second kappa shape index (κ2) is 18.9. The minimum Gasteiger partial charge on any atom is -0.494 e. The molecule has 0 aliphatic carbocycles. The predicted octanol–water partition coefficient (Wildman–Crippen LogP) is 9.01. The van der Waals surface area contributed by atoms with E-state index >= 15 is 0 Å². The van der Waals surface area contributed by atoms with Gasteiger partial charge in [-0.05, 0) is 60.4 Å². The van der Waals surface area contributed by atoms with Crippen LogP contribution in [0.1, 0.15) is 76.3 Å². The summed E-state index contributed by atoms with van der Waals surface area (Å²) >= 11 is 0. The summed E-state index contributed by atoms with van der Waals surface area (Å²) in [6.07, 6.45) is 23.9. The maximum atomic E-state index is 12.0. The summed E-state index contributed by atoms with van der Waals surface area (Å²) in [4.78, 5) is 12.0. The number of ether oxygens (including phenoxy) is 2. The van der Waals surface area contributed by atoms with E-state index in [4.69, 9.17) is 9.47 Å². The Morgan fingerprint density at radius 3 is 1.39 bits per heavy atom. The zero-order valence-electron chi connectivity index (χ0n) is 22.0. The number of unbranched alkanes of at least 4 members (excludes halogenated alkanes) is 6. The zero-order chi connectivity index (χ0) is 25.7. The lowest BCUT2D eigenvalue weighted by Crippen LogP contribution is -1.96. The SMILES string of the molecule is CCCCCCOc1ccc(/C=C/C=C/C(=O)/C=C/C=C/c2ccc(OCCCCCC)cc2)cc1. The standard InChI is InChI=1S/C33H42O3/c1-3-5-7-13-27-35-32-23-19-29(20-24-32)15-9-11-17-31(34)18-12-10-16-30-21-25-33(26-22-30)36-28-14-8-6-4-2/h9-12,15-26H,3-8,13-14,27-28H2,1-2H3/b15-9+,16-10+,17-11+,18-12+. The van der Waals surface area contributed by atoms with Gasteiger partial charge in [-0.1, -0.05) is 113 Å². The number of ketones is 1. The van der Waals surface area contributed by atoms with Crippen LogP contribution in [0.2, 0.25) is 0 Å². The normalized spacial score (nSPS) is 11.8. The summed E-state index contributed by atoms with van der Waals surface area (Å²) in [5.41, 5.74) is 2.13. The monoisotopic (exact) mass is 486 g/mol. The third-order valence-corrected chi connectivity index (χ3v) is 5.61. The highest BCUT2D eigenvalue weighted by atomic mass is 16.5. The van der Waals surface area contributed by atoms with Crippen LogP contribution in [0.3, 0.4) is 0 Å². The minimum absolute atomic E-state index is 0.0528. The van der Waals surface area contributed by atoms with Crippen LogP contribution >= 0.6 is 0 Å². The Hall–Kier alpha value is -3.33. The molecule has 0 radical (unpaired) electrons. The van der Waals surface area contributed by atoms with Gasteiger partial charge in [-0.3, -0.25) is 4.79 Å². The van der Waals surface area contributed by atoms with Gasteiger partial charge < -0.3 is 9.47 Å². The first kappa shape index (κ1) is 28.9. The molecule has 0 amide bonds. The average molecular weight is 487 g/mol. The number of rotatable bonds is 18. The van der Waals surface area contributed by atoms with E-state index in [1.807, 2.05) is 72.8 Å². The van der Waals surface area contributed by atoms with Crippen molar-refractivity contribution in [3.63, 3.8) is 0 Å². The van der Waals surface area contributed by atoms with Crippen molar-refractivity contribution in [2.45, 2.75) is 65.2 Å². The largest absolute Gasteiger partial charge is 0.494 e. The highest BCUT2D eigenvalue weighted by Crippen LogP contribution is 2.15. The molecule has 2 rings (SSSR count). The van der Waals surface area contributed by atoms with Gasteiger partial charge in [0.2, 0.25) is 0 Å². The van der Waals surface area contributed by atoms with Crippen molar-refractivity contribution in [1.29, 1.82) is 0 Å². The molecule has 2 aromatic rings. The lowest BCUT2D eigenvalue weighted by atomic mass is 10.2. The summed E-state index contributed by atoms with van der Waals surface area (Å²) in [5.74, 6) is 1.74. The van der Waals surface area contributed by atoms with Gasteiger partial charge in [0.25, 0.3) is 0 Å². The van der Waals surface area contributed by atoms with E-state index < -0.39 is 0 Å². The van der Waals surface area contributed by atoms with E-state index in [9.17, 15) is 4.79 Å². The average Bonchev–Trinajstić information content (AvgIpc) is 2.90. The molecule has 0 saturated carbocycles. The molecule has 0 spiro atoms. The summed E-state index contributed by atoms with van der Waals surface area (Å²) in [6, 6.07) is 16.0. The molecule has 0 aromatic heterocycles. The van der Waals surface area contributed by atoms with Crippen molar-refractivity contribution in [1.82, 2.24) is 0 Å². The Kier molecular flexibility index (Phi) is 15.2. The van der Waals surface area contributed by atoms with Crippen molar-refractivity contribution >= 4 is 17.9 Å². The van der Waals surface area contributed by atoms with E-state index in [0.717, 1.165) is 48.7 Å². The van der Waals surface area contributed by atoms with E-state index in [0.29, 0.717) is 0 Å². The Balaban J connectivity index is 1.67. The fourth-order valence-corrected chi connectivity index (χ4v) is 3.48. The van der Waals surface area contributed by atoms with Crippen molar-refractivity contribution in [3.8, 4) is 11.5 Å². The molecule has 0 N–H and O–H groups in total. The molecule has 0 atom stereocenters. The number of benzene rings is 2. The summed E-state index contributed by atoms with van der Waals surface area (Å²) < 4.78 is 11.5. The second-order valence-electron chi connectivity index (χ2n) is 8.80. The quantitative estimate of drug-likeness (QED) is 0.120. The third kappa shape index (κ3) is 13.5. The molecule has 192 valence electrons. The highest BCUT2D eigenvalue weighted by molar-refractivity contribution is 5.99. The Bertz CT molecular complexity index is 884. The van der Waals surface area contributed by atoms with E-state index in [1.165, 1.54) is 38.5 Å². The van der Waals surface area contributed by atoms with Gasteiger partial charge in [-0.2, -0.15) is 0 Å². The van der Waals surface area contributed by atoms with Crippen LogP contribution in [-0.2, 0) is 4.79 Å². The van der Waals surface area contributed by atoms with E-state index in [1.54, 1.807) is 24.3 Å². The molecule has 0 aliphatic rings. The number of carbonyl (C=O) groups is 1. The molecular formula is C33H42O3. The van der Waals surface area contributed by atoms with Gasteiger partial charge in [0.1, 0.15) is 11.5 Å². The van der Waals surface area contributed by atoms with Crippen LogP contribution in [-0.4, -0.2) is 19.0 Å². The fourth-order valence-electron chi connectivity index (χ4n) is 3.48. The van der Waals surface area contributed by atoms with Gasteiger partial charge >= 0.3 is 0 Å². The number of allylic oxidation sites excluding steroid dienone is 6. The van der Waals surface area contributed by atoms with Crippen molar-refractivity contribution in [3.05, 3.63) is 96.1 Å². The predicted molar refractivity (Wildman–Crippen MR) is 154 cm³/mol. The van der Waals surface area contributed by atoms with Crippen LogP contribution < -0.4 is 9.47 Å². The van der Waals surface area contributed by atoms with Crippen LogP contribution in [0.25, 0.3) is 12.2 Å². The Morgan fingerprint density at radius 1 is 0.583 bits per heavy atom. The molecule has 3 heteroatoms. The lowest BCUT2D eigenvalue weighted by Gasteiger charge is -2.05. The maximum absolute atomic E-state index is 12.0. The molecule has 0 bridgehead atoms. The summed E-state index contributed by atoms with van der Waals surface area (Å²) in [7, 11) is 0. The van der Waals surface area contributed by atoms with Crippen LogP contribution in [0, 0.1) is 0 Å². The topological polar surface area (TPSA) is 35.5 Å². The molecule has 0 unspecified atom stereocenters. The first-order valence-corrected chi connectivity index (χ1v) is 13.4. The third-order valence-electron chi connectivity index (χ3n) is 5.61. The minimum atomic E-state index is -0.0528. The van der Waals surface area contributed by atoms with Gasteiger partial charge in [0.15, 0.2) is 5.78 Å². The van der Waals surface area contributed by atoms with Crippen molar-refractivity contribution in [2.24, 2.45) is 0 Å². The van der Waals surface area contributed by atoms with Crippen LogP contribution in [0.15, 0.2) is 85.0 Å². The molecule has 0 aliphatic heterocycles. The molecule has 0 saturated heterocycles. The van der Waals surface area contributed by atoms with E-state index in [2.05, 4.69) is 13.8 Å². The van der Waals surface area contributed by atoms with Crippen molar-refractivity contribution < 1.29 is 14.3 Å². The van der Waals surface area contributed by atoms with Gasteiger partial charge in [-0.25, -0.2) is 0 Å².